The monoisotopic (exact) mass is 645 g/mol. The highest BCUT2D eigenvalue weighted by atomic mass is 35.5. The lowest BCUT2D eigenvalue weighted by molar-refractivity contribution is 0.0964. The molecular weight excluding hydrogens is 613 g/mol. The van der Waals surface area contributed by atoms with Crippen molar-refractivity contribution in [2.75, 3.05) is 54.5 Å². The maximum absolute atomic E-state index is 12.9. The average molecular weight is 647 g/mol. The second-order valence-corrected chi connectivity index (χ2v) is 10.9. The molecule has 4 aromatic carbocycles. The average Bonchev–Trinajstić information content (AvgIpc) is 3.05. The van der Waals surface area contributed by atoms with Crippen molar-refractivity contribution in [1.82, 2.24) is 10.3 Å². The first kappa shape index (κ1) is 31.7. The van der Waals surface area contributed by atoms with Gasteiger partial charge in [-0.3, -0.25) is 10.1 Å². The lowest BCUT2D eigenvalue weighted by atomic mass is 10.0. The number of amides is 2. The Bertz CT molecular complexity index is 1840. The van der Waals surface area contributed by atoms with Gasteiger partial charge in [0.25, 0.3) is 5.91 Å². The first-order valence-electron chi connectivity index (χ1n) is 14.3. The zero-order valence-corrected chi connectivity index (χ0v) is 26.6. The number of ether oxygens (including phenoxy) is 2. The zero-order chi connectivity index (χ0) is 31.9. The minimum Gasteiger partial charge on any atom is -0.494 e. The van der Waals surface area contributed by atoms with Gasteiger partial charge < -0.3 is 25.0 Å². The highest BCUT2D eigenvalue weighted by molar-refractivity contribution is 6.19. The van der Waals surface area contributed by atoms with E-state index < -0.39 is 6.09 Å². The summed E-state index contributed by atoms with van der Waals surface area (Å²) in [6, 6.07) is 23.9. The van der Waals surface area contributed by atoms with E-state index in [-0.39, 0.29) is 5.91 Å². The number of fused-ring (bicyclic) bond motifs is 2. The van der Waals surface area contributed by atoms with Gasteiger partial charge in [0.1, 0.15) is 17.0 Å². The van der Waals surface area contributed by atoms with E-state index in [1.807, 2.05) is 61.5 Å². The highest BCUT2D eigenvalue weighted by Gasteiger charge is 2.18. The summed E-state index contributed by atoms with van der Waals surface area (Å²) < 4.78 is 11.2. The predicted octanol–water partition coefficient (Wildman–Crippen LogP) is 7.70. The number of halogens is 2. The van der Waals surface area contributed by atoms with E-state index in [0.29, 0.717) is 58.6 Å². The van der Waals surface area contributed by atoms with Gasteiger partial charge in [0.2, 0.25) is 0 Å². The molecule has 5 aromatic rings. The van der Waals surface area contributed by atoms with E-state index in [1.54, 1.807) is 38.4 Å². The SMILES string of the molecule is CNC(=O)c1cccc2c(Nc3cc(NC(=O)Oc4ccc(N(CCCl)CCCl)cc4)ccc3C)c3cccc(OC)c3nc12. The molecule has 0 saturated carbocycles. The Hall–Kier alpha value is -4.73. The number of carbonyl (C=O) groups is 2. The van der Waals surface area contributed by atoms with Crippen molar-refractivity contribution in [3.05, 3.63) is 90.0 Å². The third-order valence-electron chi connectivity index (χ3n) is 7.35. The number of hydrogen-bond donors (Lipinski definition) is 3. The molecule has 3 N–H and O–H groups in total. The molecule has 11 heteroatoms. The van der Waals surface area contributed by atoms with Crippen LogP contribution in [0.3, 0.4) is 0 Å². The molecule has 0 aliphatic rings. The number of hydrogen-bond acceptors (Lipinski definition) is 7. The number of carbonyl (C=O) groups excluding carboxylic acids is 2. The molecule has 0 saturated heterocycles. The van der Waals surface area contributed by atoms with Crippen molar-refractivity contribution >= 4 is 79.8 Å². The van der Waals surface area contributed by atoms with Crippen LogP contribution in [0.25, 0.3) is 21.8 Å². The van der Waals surface area contributed by atoms with Gasteiger partial charge in [-0.25, -0.2) is 9.78 Å². The van der Waals surface area contributed by atoms with Crippen molar-refractivity contribution in [1.29, 1.82) is 0 Å². The molecule has 9 nitrogen and oxygen atoms in total. The second-order valence-electron chi connectivity index (χ2n) is 10.2. The molecule has 2 amide bonds. The maximum atomic E-state index is 12.9. The number of anilines is 4. The van der Waals surface area contributed by atoms with E-state index in [1.165, 1.54) is 0 Å². The molecule has 0 fully saturated rings. The molecule has 0 radical (unpaired) electrons. The molecular formula is C34H33Cl2N5O4. The summed E-state index contributed by atoms with van der Waals surface area (Å²) in [5, 5.41) is 10.6. The van der Waals surface area contributed by atoms with Crippen LogP contribution in [0.2, 0.25) is 0 Å². The van der Waals surface area contributed by atoms with E-state index in [9.17, 15) is 9.59 Å². The van der Waals surface area contributed by atoms with Crippen LogP contribution in [0.15, 0.2) is 78.9 Å². The van der Waals surface area contributed by atoms with Crippen LogP contribution in [0.1, 0.15) is 15.9 Å². The van der Waals surface area contributed by atoms with Crippen molar-refractivity contribution in [3.63, 3.8) is 0 Å². The molecule has 0 aliphatic carbocycles. The van der Waals surface area contributed by atoms with Crippen molar-refractivity contribution in [2.45, 2.75) is 6.92 Å². The minimum atomic E-state index is -0.629. The standard InChI is InChI=1S/C34H33Cl2N5O4/c1-21-10-11-22(38-34(43)45-24-14-12-23(13-15-24)41(18-16-35)19-17-36)20-28(21)39-30-25-6-4-8-27(33(42)37-2)31(25)40-32-26(30)7-5-9-29(32)44-3/h4-15,20H,16-19H2,1-3H3,(H,37,42)(H,38,43)(H,39,40). The number of rotatable bonds is 11. The Labute approximate surface area is 271 Å². The highest BCUT2D eigenvalue weighted by Crippen LogP contribution is 2.38. The van der Waals surface area contributed by atoms with E-state index in [2.05, 4.69) is 20.9 Å². The van der Waals surface area contributed by atoms with Crippen molar-refractivity contribution in [2.24, 2.45) is 0 Å². The number of nitrogens with zero attached hydrogens (tertiary/aromatic N) is 2. The number of para-hydroxylation sites is 2. The number of pyridine rings is 1. The molecule has 0 unspecified atom stereocenters. The summed E-state index contributed by atoms with van der Waals surface area (Å²) in [7, 11) is 3.17. The largest absolute Gasteiger partial charge is 0.494 e. The topological polar surface area (TPSA) is 105 Å². The van der Waals surface area contributed by atoms with Gasteiger partial charge in [-0.2, -0.15) is 0 Å². The fraction of sp³-hybridized carbons (Fsp3) is 0.206. The van der Waals surface area contributed by atoms with E-state index in [4.69, 9.17) is 37.7 Å². The van der Waals surface area contributed by atoms with Gasteiger partial charge in [0, 0.05) is 59.7 Å². The fourth-order valence-corrected chi connectivity index (χ4v) is 5.51. The minimum absolute atomic E-state index is 0.244. The Balaban J connectivity index is 1.43. The number of methoxy groups -OCH3 is 1. The number of benzene rings is 4. The van der Waals surface area contributed by atoms with E-state index in [0.717, 1.165) is 33.4 Å². The van der Waals surface area contributed by atoms with Crippen LogP contribution < -0.4 is 30.3 Å². The molecule has 45 heavy (non-hydrogen) atoms. The second kappa shape index (κ2) is 14.4. The number of nitrogens with one attached hydrogen (secondary N) is 3. The summed E-state index contributed by atoms with van der Waals surface area (Å²) in [4.78, 5) is 32.5. The normalized spacial score (nSPS) is 10.9. The lowest BCUT2D eigenvalue weighted by Crippen LogP contribution is -2.27. The summed E-state index contributed by atoms with van der Waals surface area (Å²) >= 11 is 11.8. The first-order chi connectivity index (χ1) is 21.9. The van der Waals surface area contributed by atoms with Gasteiger partial charge in [0.05, 0.1) is 23.9 Å². The van der Waals surface area contributed by atoms with Crippen LogP contribution in [0.4, 0.5) is 27.5 Å². The smallest absolute Gasteiger partial charge is 0.417 e. The Morgan fingerprint density at radius 1 is 0.889 bits per heavy atom. The maximum Gasteiger partial charge on any atom is 0.417 e. The fourth-order valence-electron chi connectivity index (χ4n) is 5.10. The van der Waals surface area contributed by atoms with Crippen LogP contribution in [-0.2, 0) is 0 Å². The first-order valence-corrected chi connectivity index (χ1v) is 15.4. The molecule has 1 aromatic heterocycles. The predicted molar refractivity (Wildman–Crippen MR) is 183 cm³/mol. The molecule has 0 atom stereocenters. The zero-order valence-electron chi connectivity index (χ0n) is 25.1. The molecule has 0 aliphatic heterocycles. The van der Waals surface area contributed by atoms with Crippen LogP contribution in [0.5, 0.6) is 11.5 Å². The summed E-state index contributed by atoms with van der Waals surface area (Å²) in [6.07, 6.45) is -0.629. The quantitative estimate of drug-likeness (QED) is 0.0998. The third kappa shape index (κ3) is 7.00. The molecule has 5 rings (SSSR count). The van der Waals surface area contributed by atoms with Gasteiger partial charge in [-0.15, -0.1) is 23.2 Å². The molecule has 232 valence electrons. The van der Waals surface area contributed by atoms with Crippen molar-refractivity contribution < 1.29 is 19.1 Å². The number of aryl methyl sites for hydroxylation is 1. The molecule has 1 heterocycles. The van der Waals surface area contributed by atoms with Gasteiger partial charge in [-0.05, 0) is 61.0 Å². The number of alkyl halides is 2. The Morgan fingerprint density at radius 3 is 2.24 bits per heavy atom. The van der Waals surface area contributed by atoms with Crippen LogP contribution in [0, 0.1) is 6.92 Å². The Morgan fingerprint density at radius 2 is 1.58 bits per heavy atom. The van der Waals surface area contributed by atoms with Gasteiger partial charge in [0.15, 0.2) is 0 Å². The number of aromatic nitrogens is 1. The van der Waals surface area contributed by atoms with Crippen LogP contribution >= 0.6 is 23.2 Å². The third-order valence-corrected chi connectivity index (χ3v) is 7.69. The van der Waals surface area contributed by atoms with E-state index >= 15 is 0 Å². The molecule has 0 bridgehead atoms. The summed E-state index contributed by atoms with van der Waals surface area (Å²) in [5.41, 5.74) is 5.50. The summed E-state index contributed by atoms with van der Waals surface area (Å²) in [5.74, 6) is 1.69. The van der Waals surface area contributed by atoms with Crippen molar-refractivity contribution in [3.8, 4) is 11.5 Å². The van der Waals surface area contributed by atoms with Crippen LogP contribution in [-0.4, -0.2) is 56.0 Å². The Kier molecular flexibility index (Phi) is 10.1. The summed E-state index contributed by atoms with van der Waals surface area (Å²) in [6.45, 7) is 3.28. The lowest BCUT2D eigenvalue weighted by Gasteiger charge is -2.22. The van der Waals surface area contributed by atoms with Gasteiger partial charge >= 0.3 is 6.09 Å². The molecule has 0 spiro atoms. The van der Waals surface area contributed by atoms with Gasteiger partial charge in [-0.1, -0.05) is 30.3 Å².